The summed E-state index contributed by atoms with van der Waals surface area (Å²) in [5, 5.41) is 3.88. The van der Waals surface area contributed by atoms with Gasteiger partial charge in [0.05, 0.1) is 0 Å². The summed E-state index contributed by atoms with van der Waals surface area (Å²) in [5.74, 6) is 0.953. The van der Waals surface area contributed by atoms with Gasteiger partial charge in [0.2, 0.25) is 0 Å². The van der Waals surface area contributed by atoms with Gasteiger partial charge in [0.15, 0.2) is 0 Å². The van der Waals surface area contributed by atoms with E-state index >= 15 is 0 Å². The maximum absolute atomic E-state index is 3.88. The molecule has 3 atom stereocenters. The molecule has 3 heterocycles. The first kappa shape index (κ1) is 12.6. The first-order valence-electron chi connectivity index (χ1n) is 8.49. The predicted octanol–water partition coefficient (Wildman–Crippen LogP) is 1.69. The first-order valence-corrected chi connectivity index (χ1v) is 8.49. The van der Waals surface area contributed by atoms with E-state index in [1.165, 1.54) is 71.2 Å². The van der Waals surface area contributed by atoms with E-state index < -0.39 is 0 Å². The third kappa shape index (κ3) is 2.24. The average Bonchev–Trinajstić information content (AvgIpc) is 3.07. The fourth-order valence-electron chi connectivity index (χ4n) is 4.97. The van der Waals surface area contributed by atoms with E-state index in [2.05, 4.69) is 22.0 Å². The van der Waals surface area contributed by atoms with E-state index in [9.17, 15) is 0 Å². The Hall–Kier alpha value is -0.120. The molecule has 0 amide bonds. The van der Waals surface area contributed by atoms with Gasteiger partial charge in [-0.2, -0.15) is 0 Å². The Labute approximate surface area is 117 Å². The second-order valence-electron chi connectivity index (χ2n) is 7.54. The first-order chi connectivity index (χ1) is 9.26. The Balaban J connectivity index is 1.50. The maximum Gasteiger partial charge on any atom is 0.0308 e. The number of rotatable bonds is 2. The van der Waals surface area contributed by atoms with Crippen molar-refractivity contribution < 1.29 is 0 Å². The average molecular weight is 263 g/mol. The summed E-state index contributed by atoms with van der Waals surface area (Å²) in [6, 6.07) is 1.75. The van der Waals surface area contributed by atoms with Crippen LogP contribution >= 0.6 is 0 Å². The van der Waals surface area contributed by atoms with E-state index in [0.29, 0.717) is 5.54 Å². The summed E-state index contributed by atoms with van der Waals surface area (Å²) in [7, 11) is 0. The molecule has 3 heteroatoms. The Bertz CT molecular complexity index is 341. The van der Waals surface area contributed by atoms with E-state index in [-0.39, 0.29) is 0 Å². The minimum Gasteiger partial charge on any atom is -0.310 e. The Morgan fingerprint density at radius 2 is 1.68 bits per heavy atom. The molecule has 1 aliphatic carbocycles. The van der Waals surface area contributed by atoms with E-state index in [1.54, 1.807) is 0 Å². The van der Waals surface area contributed by atoms with E-state index in [1.807, 2.05) is 0 Å². The lowest BCUT2D eigenvalue weighted by atomic mass is 9.93. The Kier molecular flexibility index (Phi) is 3.13. The summed E-state index contributed by atoms with van der Waals surface area (Å²) in [6.07, 6.45) is 8.56. The molecule has 0 radical (unpaired) electrons. The monoisotopic (exact) mass is 263 g/mol. The normalized spacial score (nSPS) is 45.3. The molecule has 4 rings (SSSR count). The molecule has 4 aliphatic rings. The minimum absolute atomic E-state index is 0.405. The SMILES string of the molecule is CC1(C2CC2)CN(C2CCN3CCCC23)CCCN1. The highest BCUT2D eigenvalue weighted by atomic mass is 15.3. The van der Waals surface area contributed by atoms with Crippen LogP contribution in [0.25, 0.3) is 0 Å². The minimum atomic E-state index is 0.405. The third-order valence-electron chi connectivity index (χ3n) is 6.20. The highest BCUT2D eigenvalue weighted by molar-refractivity contribution is 5.04. The van der Waals surface area contributed by atoms with Gasteiger partial charge in [-0.1, -0.05) is 0 Å². The number of nitrogens with zero attached hydrogens (tertiary/aromatic N) is 2. The number of hydrogen-bond acceptors (Lipinski definition) is 3. The van der Waals surface area contributed by atoms with Crippen LogP contribution in [-0.2, 0) is 0 Å². The lowest BCUT2D eigenvalue weighted by molar-refractivity contribution is 0.127. The lowest BCUT2D eigenvalue weighted by Gasteiger charge is -2.38. The third-order valence-corrected chi connectivity index (χ3v) is 6.20. The predicted molar refractivity (Wildman–Crippen MR) is 78.3 cm³/mol. The van der Waals surface area contributed by atoms with Gasteiger partial charge in [0, 0.05) is 30.7 Å². The van der Waals surface area contributed by atoms with Crippen molar-refractivity contribution in [2.45, 2.75) is 63.1 Å². The quantitative estimate of drug-likeness (QED) is 0.818. The molecule has 4 fully saturated rings. The number of nitrogens with one attached hydrogen (secondary N) is 1. The van der Waals surface area contributed by atoms with Crippen LogP contribution < -0.4 is 5.32 Å². The van der Waals surface area contributed by atoms with Crippen LogP contribution in [0.5, 0.6) is 0 Å². The molecule has 0 aromatic carbocycles. The maximum atomic E-state index is 3.88. The molecule has 3 unspecified atom stereocenters. The fraction of sp³-hybridized carbons (Fsp3) is 1.00. The van der Waals surface area contributed by atoms with Gasteiger partial charge >= 0.3 is 0 Å². The summed E-state index contributed by atoms with van der Waals surface area (Å²) in [4.78, 5) is 5.63. The van der Waals surface area contributed by atoms with E-state index in [4.69, 9.17) is 0 Å². The van der Waals surface area contributed by atoms with Crippen molar-refractivity contribution in [3.63, 3.8) is 0 Å². The molecule has 0 aromatic heterocycles. The molecule has 0 aromatic rings. The highest BCUT2D eigenvalue weighted by Crippen LogP contribution is 2.42. The van der Waals surface area contributed by atoms with Gasteiger partial charge in [-0.15, -0.1) is 0 Å². The molecule has 0 spiro atoms. The topological polar surface area (TPSA) is 18.5 Å². The molecule has 3 saturated heterocycles. The van der Waals surface area contributed by atoms with Crippen molar-refractivity contribution in [2.24, 2.45) is 5.92 Å². The molecular formula is C16H29N3. The molecule has 3 nitrogen and oxygen atoms in total. The highest BCUT2D eigenvalue weighted by Gasteiger charge is 2.46. The van der Waals surface area contributed by atoms with Crippen molar-refractivity contribution in [2.75, 3.05) is 32.7 Å². The molecule has 3 aliphatic heterocycles. The summed E-state index contributed by atoms with van der Waals surface area (Å²) in [5.41, 5.74) is 0.405. The number of hydrogen-bond donors (Lipinski definition) is 1. The molecule has 0 bridgehead atoms. The standard InChI is InChI=1S/C16H29N3/c1-16(13-5-6-13)12-19(10-3-8-17-16)15-7-11-18-9-2-4-14(15)18/h13-15,17H,2-12H2,1H3. The second-order valence-corrected chi connectivity index (χ2v) is 7.54. The summed E-state index contributed by atoms with van der Waals surface area (Å²) < 4.78 is 0. The molecule has 108 valence electrons. The van der Waals surface area contributed by atoms with Crippen LogP contribution in [0.4, 0.5) is 0 Å². The number of fused-ring (bicyclic) bond motifs is 1. The lowest BCUT2D eigenvalue weighted by Crippen LogP contribution is -2.54. The Morgan fingerprint density at radius 1 is 0.895 bits per heavy atom. The van der Waals surface area contributed by atoms with Gasteiger partial charge < -0.3 is 5.32 Å². The van der Waals surface area contributed by atoms with Crippen LogP contribution in [0.3, 0.4) is 0 Å². The summed E-state index contributed by atoms with van der Waals surface area (Å²) in [6.45, 7) is 9.07. The van der Waals surface area contributed by atoms with Crippen LogP contribution in [0.15, 0.2) is 0 Å². The van der Waals surface area contributed by atoms with Gasteiger partial charge in [-0.25, -0.2) is 0 Å². The van der Waals surface area contributed by atoms with E-state index in [0.717, 1.165) is 18.0 Å². The van der Waals surface area contributed by atoms with Crippen molar-refractivity contribution in [1.82, 2.24) is 15.1 Å². The zero-order valence-corrected chi connectivity index (χ0v) is 12.4. The smallest absolute Gasteiger partial charge is 0.0308 e. The van der Waals surface area contributed by atoms with Gasteiger partial charge in [0.25, 0.3) is 0 Å². The van der Waals surface area contributed by atoms with Crippen molar-refractivity contribution in [3.05, 3.63) is 0 Å². The van der Waals surface area contributed by atoms with Gasteiger partial charge in [0.1, 0.15) is 0 Å². The van der Waals surface area contributed by atoms with Crippen LogP contribution in [0.2, 0.25) is 0 Å². The van der Waals surface area contributed by atoms with Gasteiger partial charge in [-0.3, -0.25) is 9.80 Å². The largest absolute Gasteiger partial charge is 0.310 e. The van der Waals surface area contributed by atoms with Crippen LogP contribution in [0, 0.1) is 5.92 Å². The summed E-state index contributed by atoms with van der Waals surface area (Å²) >= 11 is 0. The molecule has 19 heavy (non-hydrogen) atoms. The van der Waals surface area contributed by atoms with Crippen molar-refractivity contribution in [1.29, 1.82) is 0 Å². The molecule has 1 N–H and O–H groups in total. The zero-order valence-electron chi connectivity index (χ0n) is 12.4. The van der Waals surface area contributed by atoms with Crippen molar-refractivity contribution in [3.8, 4) is 0 Å². The van der Waals surface area contributed by atoms with Crippen LogP contribution in [-0.4, -0.2) is 60.1 Å². The second kappa shape index (κ2) is 4.71. The zero-order chi connectivity index (χ0) is 12.9. The van der Waals surface area contributed by atoms with Gasteiger partial charge in [-0.05, 0) is 71.0 Å². The van der Waals surface area contributed by atoms with Crippen LogP contribution in [0.1, 0.15) is 45.4 Å². The fourth-order valence-corrected chi connectivity index (χ4v) is 4.97. The molecule has 1 saturated carbocycles. The Morgan fingerprint density at radius 3 is 2.53 bits per heavy atom. The van der Waals surface area contributed by atoms with Crippen molar-refractivity contribution >= 4 is 0 Å². The molecular weight excluding hydrogens is 234 g/mol.